The smallest absolute Gasteiger partial charge is 0.241 e. The maximum Gasteiger partial charge on any atom is 0.241 e. The first-order valence-electron chi connectivity index (χ1n) is 9.66. The second-order valence-corrected chi connectivity index (χ2v) is 8.60. The van der Waals surface area contributed by atoms with Crippen LogP contribution in [0, 0.1) is 0 Å². The Balaban J connectivity index is 1.30. The molecule has 0 atom stereocenters. The van der Waals surface area contributed by atoms with Gasteiger partial charge >= 0.3 is 0 Å². The van der Waals surface area contributed by atoms with Crippen molar-refractivity contribution < 1.29 is 8.42 Å². The molecule has 2 N–H and O–H groups in total. The molecule has 6 nitrogen and oxygen atoms in total. The van der Waals surface area contributed by atoms with Crippen LogP contribution >= 0.6 is 0 Å². The molecule has 7 heteroatoms. The summed E-state index contributed by atoms with van der Waals surface area (Å²) in [5.41, 5.74) is 3.33. The van der Waals surface area contributed by atoms with E-state index in [9.17, 15) is 8.42 Å². The van der Waals surface area contributed by atoms with Crippen molar-refractivity contribution in [2.24, 2.45) is 0 Å². The lowest BCUT2D eigenvalue weighted by Gasteiger charge is -2.10. The highest BCUT2D eigenvalue weighted by atomic mass is 32.2. The predicted octanol–water partition coefficient (Wildman–Crippen LogP) is 3.36. The molecule has 0 bridgehead atoms. The Bertz CT molecular complexity index is 1220. The van der Waals surface area contributed by atoms with Crippen molar-refractivity contribution in [2.45, 2.75) is 11.4 Å². The summed E-state index contributed by atoms with van der Waals surface area (Å²) in [5, 5.41) is 4.74. The Labute approximate surface area is 176 Å². The lowest BCUT2D eigenvalue weighted by molar-refractivity contribution is 0.577. The van der Waals surface area contributed by atoms with E-state index in [1.165, 1.54) is 0 Å². The van der Waals surface area contributed by atoms with Crippen molar-refractivity contribution >= 4 is 20.8 Å². The summed E-state index contributed by atoms with van der Waals surface area (Å²) in [6.45, 7) is 1.49. The molecule has 0 radical (unpaired) electrons. The van der Waals surface area contributed by atoms with Crippen LogP contribution in [0.2, 0.25) is 0 Å². The van der Waals surface area contributed by atoms with Crippen molar-refractivity contribution in [3.05, 3.63) is 91.0 Å². The average Bonchev–Trinajstić information content (AvgIpc) is 2.79. The zero-order chi connectivity index (χ0) is 20.8. The Kier molecular flexibility index (Phi) is 6.13. The van der Waals surface area contributed by atoms with Gasteiger partial charge in [-0.25, -0.2) is 13.1 Å². The van der Waals surface area contributed by atoms with Gasteiger partial charge in [0.2, 0.25) is 10.0 Å². The molecular formula is C23H22N4O2S. The van der Waals surface area contributed by atoms with Crippen LogP contribution in [0.25, 0.3) is 21.9 Å². The Hall–Kier alpha value is -3.13. The molecule has 4 aromatic rings. The number of benzene rings is 2. The lowest BCUT2D eigenvalue weighted by Crippen LogP contribution is -2.31. The molecule has 0 amide bonds. The van der Waals surface area contributed by atoms with E-state index >= 15 is 0 Å². The van der Waals surface area contributed by atoms with E-state index in [1.807, 2.05) is 24.4 Å². The van der Waals surface area contributed by atoms with Crippen molar-refractivity contribution in [2.75, 3.05) is 13.1 Å². The first kappa shape index (κ1) is 20.2. The van der Waals surface area contributed by atoms with Gasteiger partial charge in [0.05, 0.1) is 4.90 Å². The van der Waals surface area contributed by atoms with Crippen LogP contribution in [0.3, 0.4) is 0 Å². The molecule has 0 aliphatic rings. The quantitative estimate of drug-likeness (QED) is 0.429. The van der Waals surface area contributed by atoms with Gasteiger partial charge in [0.1, 0.15) is 0 Å². The van der Waals surface area contributed by atoms with Gasteiger partial charge in [-0.15, -0.1) is 0 Å². The van der Waals surface area contributed by atoms with E-state index in [2.05, 4.69) is 44.3 Å². The van der Waals surface area contributed by atoms with Gasteiger partial charge in [-0.3, -0.25) is 9.97 Å². The summed E-state index contributed by atoms with van der Waals surface area (Å²) in [5.74, 6) is 0. The molecule has 2 heterocycles. The number of pyridine rings is 2. The minimum atomic E-state index is -3.59. The van der Waals surface area contributed by atoms with Crippen molar-refractivity contribution in [3.63, 3.8) is 0 Å². The standard InChI is InChI=1S/C23H22N4O2S/c28-30(29,23-5-1-3-21-17-25-12-10-22(21)23)27-14-13-26-15-18-6-8-19(9-7-18)20-4-2-11-24-16-20/h1-12,16-17,26-27H,13-15H2. The fourth-order valence-electron chi connectivity index (χ4n) is 3.26. The fourth-order valence-corrected chi connectivity index (χ4v) is 4.52. The highest BCUT2D eigenvalue weighted by Crippen LogP contribution is 2.21. The number of sulfonamides is 1. The zero-order valence-corrected chi connectivity index (χ0v) is 17.1. The van der Waals surface area contributed by atoms with E-state index in [4.69, 9.17) is 0 Å². The van der Waals surface area contributed by atoms with Gasteiger partial charge in [-0.05, 0) is 34.9 Å². The maximum absolute atomic E-state index is 12.7. The second kappa shape index (κ2) is 9.13. The summed E-state index contributed by atoms with van der Waals surface area (Å²) in [6.07, 6.45) is 6.86. The molecular weight excluding hydrogens is 396 g/mol. The van der Waals surface area contributed by atoms with Crippen molar-refractivity contribution in [1.82, 2.24) is 20.0 Å². The van der Waals surface area contributed by atoms with E-state index in [0.717, 1.165) is 22.1 Å². The molecule has 0 fully saturated rings. The molecule has 2 aromatic heterocycles. The third-order valence-corrected chi connectivity index (χ3v) is 6.32. The average molecular weight is 419 g/mol. The third-order valence-electron chi connectivity index (χ3n) is 4.80. The molecule has 0 unspecified atom stereocenters. The minimum Gasteiger partial charge on any atom is -0.311 e. The first-order valence-corrected chi connectivity index (χ1v) is 11.1. The summed E-state index contributed by atoms with van der Waals surface area (Å²) >= 11 is 0. The summed E-state index contributed by atoms with van der Waals surface area (Å²) in [6, 6.07) is 19.1. The van der Waals surface area contributed by atoms with E-state index in [1.54, 1.807) is 36.8 Å². The number of aromatic nitrogens is 2. The molecule has 152 valence electrons. The van der Waals surface area contributed by atoms with Crippen molar-refractivity contribution in [3.8, 4) is 11.1 Å². The number of nitrogens with zero attached hydrogens (tertiary/aromatic N) is 2. The van der Waals surface area contributed by atoms with Gasteiger partial charge in [-0.2, -0.15) is 0 Å². The number of nitrogens with one attached hydrogen (secondary N) is 2. The first-order chi connectivity index (χ1) is 14.6. The van der Waals surface area contributed by atoms with Crippen LogP contribution in [-0.2, 0) is 16.6 Å². The van der Waals surface area contributed by atoms with Crippen LogP contribution in [0.15, 0.2) is 90.3 Å². The van der Waals surface area contributed by atoms with E-state index in [-0.39, 0.29) is 4.90 Å². The van der Waals surface area contributed by atoms with Crippen LogP contribution in [0.4, 0.5) is 0 Å². The molecule has 2 aromatic carbocycles. The number of fused-ring (bicyclic) bond motifs is 1. The Morgan fingerprint density at radius 3 is 2.40 bits per heavy atom. The molecule has 0 aliphatic heterocycles. The lowest BCUT2D eigenvalue weighted by atomic mass is 10.1. The normalized spacial score (nSPS) is 11.6. The van der Waals surface area contributed by atoms with Gasteiger partial charge in [0.25, 0.3) is 0 Å². The molecule has 0 saturated heterocycles. The third kappa shape index (κ3) is 4.71. The van der Waals surface area contributed by atoms with E-state index in [0.29, 0.717) is 25.0 Å². The van der Waals surface area contributed by atoms with Crippen LogP contribution in [0.5, 0.6) is 0 Å². The number of hydrogen-bond donors (Lipinski definition) is 2. The highest BCUT2D eigenvalue weighted by Gasteiger charge is 2.16. The van der Waals surface area contributed by atoms with Gasteiger partial charge < -0.3 is 5.32 Å². The number of hydrogen-bond acceptors (Lipinski definition) is 5. The predicted molar refractivity (Wildman–Crippen MR) is 118 cm³/mol. The number of rotatable bonds is 8. The van der Waals surface area contributed by atoms with Gasteiger partial charge in [0, 0.05) is 55.2 Å². The Morgan fingerprint density at radius 2 is 1.60 bits per heavy atom. The summed E-state index contributed by atoms with van der Waals surface area (Å²) in [7, 11) is -3.59. The van der Waals surface area contributed by atoms with Crippen LogP contribution in [0.1, 0.15) is 5.56 Å². The van der Waals surface area contributed by atoms with Gasteiger partial charge in [-0.1, -0.05) is 42.5 Å². The zero-order valence-electron chi connectivity index (χ0n) is 16.3. The van der Waals surface area contributed by atoms with Crippen LogP contribution < -0.4 is 10.0 Å². The van der Waals surface area contributed by atoms with Crippen LogP contribution in [-0.4, -0.2) is 31.5 Å². The largest absolute Gasteiger partial charge is 0.311 e. The Morgan fingerprint density at radius 1 is 0.767 bits per heavy atom. The van der Waals surface area contributed by atoms with E-state index < -0.39 is 10.0 Å². The molecule has 4 rings (SSSR count). The topological polar surface area (TPSA) is 84.0 Å². The fraction of sp³-hybridized carbons (Fsp3) is 0.130. The SMILES string of the molecule is O=S(=O)(NCCNCc1ccc(-c2cccnc2)cc1)c1cccc2cnccc12. The molecule has 0 saturated carbocycles. The summed E-state index contributed by atoms with van der Waals surface area (Å²) in [4.78, 5) is 8.46. The molecule has 30 heavy (non-hydrogen) atoms. The monoisotopic (exact) mass is 418 g/mol. The van der Waals surface area contributed by atoms with Gasteiger partial charge in [0.15, 0.2) is 0 Å². The maximum atomic E-state index is 12.7. The molecule has 0 spiro atoms. The minimum absolute atomic E-state index is 0.272. The second-order valence-electron chi connectivity index (χ2n) is 6.87. The molecule has 0 aliphatic carbocycles. The summed E-state index contributed by atoms with van der Waals surface area (Å²) < 4.78 is 28.0. The van der Waals surface area contributed by atoms with Crippen molar-refractivity contribution in [1.29, 1.82) is 0 Å². The highest BCUT2D eigenvalue weighted by molar-refractivity contribution is 7.89.